The molecule has 0 amide bonds. The Morgan fingerprint density at radius 3 is 2.52 bits per heavy atom. The highest BCUT2D eigenvalue weighted by molar-refractivity contribution is 5.42. The third-order valence-corrected chi connectivity index (χ3v) is 4.06. The number of fused-ring (bicyclic) bond motifs is 1. The van der Waals surface area contributed by atoms with Gasteiger partial charge in [-0.3, -0.25) is 4.57 Å². The Bertz CT molecular complexity index is 696. The summed E-state index contributed by atoms with van der Waals surface area (Å²) < 4.78 is 43.1. The standard InChI is InChI=1S/C15H14F3N3/c16-9-5-10(17)14(11(18)6-9)21-13-3-4-19-7-12(13)20-15(21)8-1-2-8/h5-6,8,19H,1-4,7H2. The van der Waals surface area contributed by atoms with E-state index in [1.807, 2.05) is 0 Å². The fourth-order valence-electron chi connectivity index (χ4n) is 2.94. The lowest BCUT2D eigenvalue weighted by Gasteiger charge is -2.17. The smallest absolute Gasteiger partial charge is 0.153 e. The van der Waals surface area contributed by atoms with Crippen LogP contribution in [0.4, 0.5) is 13.2 Å². The monoisotopic (exact) mass is 293 g/mol. The zero-order chi connectivity index (χ0) is 14.6. The molecule has 1 saturated carbocycles. The molecule has 3 nitrogen and oxygen atoms in total. The highest BCUT2D eigenvalue weighted by atomic mass is 19.1. The topological polar surface area (TPSA) is 29.9 Å². The predicted molar refractivity (Wildman–Crippen MR) is 70.8 cm³/mol. The van der Waals surface area contributed by atoms with Gasteiger partial charge in [0.15, 0.2) is 11.6 Å². The van der Waals surface area contributed by atoms with Gasteiger partial charge in [-0.25, -0.2) is 18.2 Å². The molecule has 1 aliphatic heterocycles. The molecule has 2 heterocycles. The van der Waals surface area contributed by atoms with Crippen LogP contribution in [0.15, 0.2) is 12.1 Å². The van der Waals surface area contributed by atoms with Gasteiger partial charge in [-0.1, -0.05) is 0 Å². The number of nitrogens with zero attached hydrogens (tertiary/aromatic N) is 2. The van der Waals surface area contributed by atoms with Crippen molar-refractivity contribution in [1.82, 2.24) is 14.9 Å². The molecule has 0 spiro atoms. The number of hydrogen-bond acceptors (Lipinski definition) is 2. The third kappa shape index (κ3) is 2.05. The molecular formula is C15H14F3N3. The van der Waals surface area contributed by atoms with Crippen molar-refractivity contribution in [3.63, 3.8) is 0 Å². The molecular weight excluding hydrogens is 279 g/mol. The van der Waals surface area contributed by atoms with E-state index in [1.165, 1.54) is 0 Å². The molecule has 110 valence electrons. The van der Waals surface area contributed by atoms with Crippen molar-refractivity contribution in [3.05, 3.63) is 46.8 Å². The molecule has 4 rings (SSSR count). The molecule has 0 radical (unpaired) electrons. The number of hydrogen-bond donors (Lipinski definition) is 1. The van der Waals surface area contributed by atoms with Crippen LogP contribution in [0.2, 0.25) is 0 Å². The first-order valence-electron chi connectivity index (χ1n) is 7.11. The summed E-state index contributed by atoms with van der Waals surface area (Å²) in [5.74, 6) is -1.72. The summed E-state index contributed by atoms with van der Waals surface area (Å²) >= 11 is 0. The van der Waals surface area contributed by atoms with E-state index in [0.717, 1.165) is 42.9 Å². The van der Waals surface area contributed by atoms with E-state index in [0.29, 0.717) is 18.8 Å². The van der Waals surface area contributed by atoms with Crippen LogP contribution in [0.25, 0.3) is 5.69 Å². The summed E-state index contributed by atoms with van der Waals surface area (Å²) in [4.78, 5) is 4.57. The van der Waals surface area contributed by atoms with E-state index in [1.54, 1.807) is 4.57 Å². The number of rotatable bonds is 2. The summed E-state index contributed by atoms with van der Waals surface area (Å²) in [5.41, 5.74) is 1.47. The summed E-state index contributed by atoms with van der Waals surface area (Å²) in [6.07, 6.45) is 2.62. The molecule has 0 unspecified atom stereocenters. The molecule has 1 aliphatic carbocycles. The van der Waals surface area contributed by atoms with E-state index >= 15 is 0 Å². The fourth-order valence-corrected chi connectivity index (χ4v) is 2.94. The Morgan fingerprint density at radius 2 is 1.86 bits per heavy atom. The minimum absolute atomic E-state index is 0.200. The lowest BCUT2D eigenvalue weighted by Crippen LogP contribution is -2.25. The van der Waals surface area contributed by atoms with Gasteiger partial charge in [-0.2, -0.15) is 0 Å². The van der Waals surface area contributed by atoms with Crippen LogP contribution < -0.4 is 5.32 Å². The van der Waals surface area contributed by atoms with Crippen molar-refractivity contribution in [2.75, 3.05) is 6.54 Å². The minimum Gasteiger partial charge on any atom is -0.311 e. The molecule has 21 heavy (non-hydrogen) atoms. The van der Waals surface area contributed by atoms with Gasteiger partial charge < -0.3 is 5.32 Å². The van der Waals surface area contributed by atoms with Crippen molar-refractivity contribution < 1.29 is 13.2 Å². The van der Waals surface area contributed by atoms with Crippen LogP contribution in [0.1, 0.15) is 36.0 Å². The molecule has 0 saturated heterocycles. The second-order valence-corrected chi connectivity index (χ2v) is 5.62. The van der Waals surface area contributed by atoms with Gasteiger partial charge in [0.1, 0.15) is 17.3 Å². The maximum Gasteiger partial charge on any atom is 0.153 e. The maximum atomic E-state index is 14.2. The molecule has 1 fully saturated rings. The lowest BCUT2D eigenvalue weighted by molar-refractivity contribution is 0.527. The van der Waals surface area contributed by atoms with Crippen molar-refractivity contribution in [2.24, 2.45) is 0 Å². The lowest BCUT2D eigenvalue weighted by atomic mass is 10.1. The Kier molecular flexibility index (Phi) is 2.82. The van der Waals surface area contributed by atoms with Gasteiger partial charge in [-0.15, -0.1) is 0 Å². The van der Waals surface area contributed by atoms with E-state index < -0.39 is 17.5 Å². The Balaban J connectivity index is 1.97. The van der Waals surface area contributed by atoms with Crippen LogP contribution in [-0.4, -0.2) is 16.1 Å². The van der Waals surface area contributed by atoms with Gasteiger partial charge >= 0.3 is 0 Å². The Hall–Kier alpha value is -1.82. The molecule has 2 aliphatic rings. The number of imidazole rings is 1. The van der Waals surface area contributed by atoms with Crippen molar-refractivity contribution in [2.45, 2.75) is 31.7 Å². The first kappa shape index (κ1) is 12.9. The highest BCUT2D eigenvalue weighted by Gasteiger charge is 2.34. The summed E-state index contributed by atoms with van der Waals surface area (Å²) in [6, 6.07) is 1.45. The van der Waals surface area contributed by atoms with Crippen LogP contribution in [0.5, 0.6) is 0 Å². The molecule has 0 atom stereocenters. The van der Waals surface area contributed by atoms with E-state index in [2.05, 4.69) is 10.3 Å². The highest BCUT2D eigenvalue weighted by Crippen LogP contribution is 2.42. The Labute approximate surface area is 119 Å². The number of benzene rings is 1. The number of nitrogens with one attached hydrogen (secondary N) is 1. The second kappa shape index (κ2) is 4.59. The quantitative estimate of drug-likeness (QED) is 0.922. The SMILES string of the molecule is Fc1cc(F)c(-n2c(C3CC3)nc3c2CCNC3)c(F)c1. The van der Waals surface area contributed by atoms with E-state index in [-0.39, 0.29) is 11.6 Å². The third-order valence-electron chi connectivity index (χ3n) is 4.06. The first-order valence-corrected chi connectivity index (χ1v) is 7.11. The first-order chi connectivity index (χ1) is 10.1. The second-order valence-electron chi connectivity index (χ2n) is 5.62. The van der Waals surface area contributed by atoms with Gasteiger partial charge in [0.25, 0.3) is 0 Å². The molecule has 1 aromatic heterocycles. The van der Waals surface area contributed by atoms with Gasteiger partial charge in [-0.05, 0) is 12.8 Å². The number of halogens is 3. The van der Waals surface area contributed by atoms with Crippen LogP contribution >= 0.6 is 0 Å². The normalized spacial score (nSPS) is 17.9. The van der Waals surface area contributed by atoms with Crippen molar-refractivity contribution in [3.8, 4) is 5.69 Å². The van der Waals surface area contributed by atoms with E-state index in [9.17, 15) is 13.2 Å². The molecule has 1 aromatic carbocycles. The van der Waals surface area contributed by atoms with Gasteiger partial charge in [0.2, 0.25) is 0 Å². The predicted octanol–water partition coefficient (Wildman–Crippen LogP) is 2.81. The maximum absolute atomic E-state index is 14.2. The average Bonchev–Trinajstić information content (AvgIpc) is 3.21. The summed E-state index contributed by atoms with van der Waals surface area (Å²) in [6.45, 7) is 1.35. The zero-order valence-electron chi connectivity index (χ0n) is 11.3. The fraction of sp³-hybridized carbons (Fsp3) is 0.400. The van der Waals surface area contributed by atoms with Crippen molar-refractivity contribution in [1.29, 1.82) is 0 Å². The molecule has 0 bridgehead atoms. The molecule has 2 aromatic rings. The summed E-state index contributed by atoms with van der Waals surface area (Å²) in [7, 11) is 0. The molecule has 6 heteroatoms. The van der Waals surface area contributed by atoms with Crippen LogP contribution in [0.3, 0.4) is 0 Å². The summed E-state index contributed by atoms with van der Waals surface area (Å²) in [5, 5.41) is 3.21. The van der Waals surface area contributed by atoms with E-state index in [4.69, 9.17) is 0 Å². The Morgan fingerprint density at radius 1 is 1.14 bits per heavy atom. The average molecular weight is 293 g/mol. The largest absolute Gasteiger partial charge is 0.311 e. The van der Waals surface area contributed by atoms with Crippen molar-refractivity contribution >= 4 is 0 Å². The van der Waals surface area contributed by atoms with Gasteiger partial charge in [0.05, 0.1) is 5.69 Å². The minimum atomic E-state index is -0.905. The molecule has 1 N–H and O–H groups in total. The van der Waals surface area contributed by atoms with Gasteiger partial charge in [0, 0.05) is 43.3 Å². The van der Waals surface area contributed by atoms with Crippen LogP contribution in [0, 0.1) is 17.5 Å². The van der Waals surface area contributed by atoms with Crippen LogP contribution in [-0.2, 0) is 13.0 Å². The number of aromatic nitrogens is 2. The zero-order valence-corrected chi connectivity index (χ0v) is 11.3.